The molecule has 2 rings (SSSR count). The minimum absolute atomic E-state index is 0.219. The predicted molar refractivity (Wildman–Crippen MR) is 86.7 cm³/mol. The standard InChI is InChI=1S/C19H27N/c1-6-8-15-9-7-10-16(13-15)18-14-17(19(2,3)4)11-12-20(18)5/h7,9-14,18H,6,8H2,1-5H3/p+1. The highest BCUT2D eigenvalue weighted by atomic mass is 15.1. The van der Waals surface area contributed by atoms with Crippen LogP contribution < -0.4 is 4.90 Å². The first-order chi connectivity index (χ1) is 9.41. The molecule has 2 atom stereocenters. The molecule has 1 aliphatic heterocycles. The quantitative estimate of drug-likeness (QED) is 0.854. The molecule has 0 aromatic heterocycles. The third-order valence-electron chi connectivity index (χ3n) is 4.08. The Hall–Kier alpha value is -1.34. The van der Waals surface area contributed by atoms with Crippen molar-refractivity contribution in [3.63, 3.8) is 0 Å². The van der Waals surface area contributed by atoms with E-state index in [0.717, 1.165) is 0 Å². The summed E-state index contributed by atoms with van der Waals surface area (Å²) in [5.74, 6) is 0. The summed E-state index contributed by atoms with van der Waals surface area (Å²) in [6.07, 6.45) is 9.39. The van der Waals surface area contributed by atoms with E-state index in [2.05, 4.69) is 77.4 Å². The molecule has 0 bridgehead atoms. The third-order valence-corrected chi connectivity index (χ3v) is 4.08. The number of quaternary nitrogens is 1. The molecule has 1 heteroatoms. The zero-order valence-electron chi connectivity index (χ0n) is 13.5. The van der Waals surface area contributed by atoms with E-state index in [0.29, 0.717) is 6.04 Å². The Kier molecular flexibility index (Phi) is 4.49. The van der Waals surface area contributed by atoms with Gasteiger partial charge in [-0.25, -0.2) is 0 Å². The minimum atomic E-state index is 0.219. The maximum Gasteiger partial charge on any atom is 0.136 e. The highest BCUT2D eigenvalue weighted by molar-refractivity contribution is 5.33. The number of nitrogens with one attached hydrogen (secondary N) is 1. The van der Waals surface area contributed by atoms with Crippen LogP contribution in [0.4, 0.5) is 0 Å². The lowest BCUT2D eigenvalue weighted by Gasteiger charge is -2.29. The van der Waals surface area contributed by atoms with Gasteiger partial charge in [0.2, 0.25) is 0 Å². The molecule has 0 spiro atoms. The van der Waals surface area contributed by atoms with Gasteiger partial charge in [0, 0.05) is 5.56 Å². The Balaban J connectivity index is 2.33. The lowest BCUT2D eigenvalue weighted by molar-refractivity contribution is -0.852. The SMILES string of the molecule is CCCc1cccc(C2C=C(C(C)(C)C)C=C[NH+]2C)c1. The van der Waals surface area contributed by atoms with E-state index in [4.69, 9.17) is 0 Å². The summed E-state index contributed by atoms with van der Waals surface area (Å²) < 4.78 is 0. The normalized spacial score (nSPS) is 22.8. The first-order valence-corrected chi connectivity index (χ1v) is 7.74. The Morgan fingerprint density at radius 1 is 1.20 bits per heavy atom. The van der Waals surface area contributed by atoms with Crippen LogP contribution in [0.5, 0.6) is 0 Å². The number of hydrogen-bond acceptors (Lipinski definition) is 0. The molecule has 1 heterocycles. The number of likely N-dealkylation sites (N-methyl/N-ethyl adjacent to an activating group) is 1. The van der Waals surface area contributed by atoms with Crippen molar-refractivity contribution in [2.75, 3.05) is 7.05 Å². The molecule has 0 amide bonds. The van der Waals surface area contributed by atoms with Crippen LogP contribution in [0.25, 0.3) is 0 Å². The first-order valence-electron chi connectivity index (χ1n) is 7.74. The lowest BCUT2D eigenvalue weighted by atomic mass is 9.83. The summed E-state index contributed by atoms with van der Waals surface area (Å²) >= 11 is 0. The highest BCUT2D eigenvalue weighted by Gasteiger charge is 2.25. The molecule has 0 aliphatic carbocycles. The fourth-order valence-corrected chi connectivity index (χ4v) is 2.78. The van der Waals surface area contributed by atoms with Crippen LogP contribution in [0.1, 0.15) is 51.3 Å². The van der Waals surface area contributed by atoms with E-state index >= 15 is 0 Å². The van der Waals surface area contributed by atoms with Crippen LogP contribution in [-0.2, 0) is 6.42 Å². The van der Waals surface area contributed by atoms with Gasteiger partial charge in [-0.05, 0) is 41.2 Å². The molecule has 0 radical (unpaired) electrons. The summed E-state index contributed by atoms with van der Waals surface area (Å²) in [6.45, 7) is 9.10. The summed E-state index contributed by atoms with van der Waals surface area (Å²) in [6, 6.07) is 9.54. The van der Waals surface area contributed by atoms with Crippen molar-refractivity contribution in [2.45, 2.75) is 46.6 Å². The third kappa shape index (κ3) is 3.40. The van der Waals surface area contributed by atoms with E-state index in [9.17, 15) is 0 Å². The Morgan fingerprint density at radius 3 is 2.60 bits per heavy atom. The van der Waals surface area contributed by atoms with Crippen LogP contribution in [0, 0.1) is 5.41 Å². The average Bonchev–Trinajstić information content (AvgIpc) is 2.38. The second kappa shape index (κ2) is 5.97. The Labute approximate surface area is 124 Å². The van der Waals surface area contributed by atoms with Crippen molar-refractivity contribution in [3.05, 3.63) is 59.3 Å². The molecule has 0 saturated heterocycles. The zero-order valence-corrected chi connectivity index (χ0v) is 13.5. The van der Waals surface area contributed by atoms with E-state index in [1.165, 1.54) is 34.4 Å². The predicted octanol–water partition coefficient (Wildman–Crippen LogP) is 3.69. The van der Waals surface area contributed by atoms with Gasteiger partial charge in [-0.1, -0.05) is 52.3 Å². The van der Waals surface area contributed by atoms with E-state index in [-0.39, 0.29) is 5.41 Å². The second-order valence-electron chi connectivity index (χ2n) is 6.92. The number of aryl methyl sites for hydroxylation is 1. The van der Waals surface area contributed by atoms with Crippen LogP contribution in [0.3, 0.4) is 0 Å². The Morgan fingerprint density at radius 2 is 1.95 bits per heavy atom. The van der Waals surface area contributed by atoms with Gasteiger partial charge in [-0.2, -0.15) is 0 Å². The van der Waals surface area contributed by atoms with Crippen molar-refractivity contribution in [3.8, 4) is 0 Å². The molecule has 1 nitrogen and oxygen atoms in total. The topological polar surface area (TPSA) is 4.44 Å². The molecule has 0 saturated carbocycles. The molecule has 1 aromatic rings. The molecular formula is C19H28N+. The summed E-state index contributed by atoms with van der Waals surface area (Å²) in [5.41, 5.74) is 4.54. The summed E-state index contributed by atoms with van der Waals surface area (Å²) in [7, 11) is 2.24. The van der Waals surface area contributed by atoms with Crippen molar-refractivity contribution in [2.24, 2.45) is 5.41 Å². The molecule has 20 heavy (non-hydrogen) atoms. The number of rotatable bonds is 3. The van der Waals surface area contributed by atoms with Gasteiger partial charge >= 0.3 is 0 Å². The fraction of sp³-hybridized carbons (Fsp3) is 0.474. The van der Waals surface area contributed by atoms with Gasteiger partial charge in [0.25, 0.3) is 0 Å². The molecule has 1 N–H and O–H groups in total. The van der Waals surface area contributed by atoms with Crippen molar-refractivity contribution < 1.29 is 4.90 Å². The van der Waals surface area contributed by atoms with Crippen LogP contribution in [0.15, 0.2) is 48.2 Å². The van der Waals surface area contributed by atoms with Crippen molar-refractivity contribution in [1.82, 2.24) is 0 Å². The fourth-order valence-electron chi connectivity index (χ4n) is 2.78. The zero-order chi connectivity index (χ0) is 14.8. The average molecular weight is 270 g/mol. The van der Waals surface area contributed by atoms with Gasteiger partial charge in [-0.3, -0.25) is 0 Å². The first kappa shape index (κ1) is 15.1. The highest BCUT2D eigenvalue weighted by Crippen LogP contribution is 2.30. The van der Waals surface area contributed by atoms with Crippen LogP contribution >= 0.6 is 0 Å². The van der Waals surface area contributed by atoms with Gasteiger partial charge in [-0.15, -0.1) is 0 Å². The van der Waals surface area contributed by atoms with Gasteiger partial charge in [0.1, 0.15) is 6.04 Å². The molecule has 1 aromatic carbocycles. The smallest absolute Gasteiger partial charge is 0.136 e. The van der Waals surface area contributed by atoms with Crippen molar-refractivity contribution in [1.29, 1.82) is 0 Å². The molecular weight excluding hydrogens is 242 g/mol. The van der Waals surface area contributed by atoms with E-state index < -0.39 is 0 Å². The largest absolute Gasteiger partial charge is 0.302 e. The summed E-state index contributed by atoms with van der Waals surface area (Å²) in [5, 5.41) is 0. The second-order valence-corrected chi connectivity index (χ2v) is 6.92. The van der Waals surface area contributed by atoms with Crippen molar-refractivity contribution >= 4 is 0 Å². The number of benzene rings is 1. The van der Waals surface area contributed by atoms with Crippen LogP contribution in [-0.4, -0.2) is 7.05 Å². The van der Waals surface area contributed by atoms with E-state index in [1.807, 2.05) is 0 Å². The molecule has 2 unspecified atom stereocenters. The molecule has 108 valence electrons. The van der Waals surface area contributed by atoms with Crippen LogP contribution in [0.2, 0.25) is 0 Å². The van der Waals surface area contributed by atoms with Gasteiger partial charge < -0.3 is 4.90 Å². The monoisotopic (exact) mass is 270 g/mol. The number of hydrogen-bond donors (Lipinski definition) is 1. The molecule has 1 aliphatic rings. The summed E-state index contributed by atoms with van der Waals surface area (Å²) in [4.78, 5) is 1.44. The van der Waals surface area contributed by atoms with E-state index in [1.54, 1.807) is 0 Å². The number of allylic oxidation sites excluding steroid dienone is 2. The van der Waals surface area contributed by atoms with Gasteiger partial charge in [0.05, 0.1) is 13.2 Å². The Bertz CT molecular complexity index is 517. The molecule has 0 fully saturated rings. The lowest BCUT2D eigenvalue weighted by Crippen LogP contribution is -3.04. The minimum Gasteiger partial charge on any atom is -0.302 e. The maximum absolute atomic E-state index is 2.44. The maximum atomic E-state index is 2.44. The van der Waals surface area contributed by atoms with Gasteiger partial charge in [0.15, 0.2) is 0 Å².